The first kappa shape index (κ1) is 14.9. The van der Waals surface area contributed by atoms with Gasteiger partial charge in [-0.3, -0.25) is 4.72 Å². The van der Waals surface area contributed by atoms with Crippen molar-refractivity contribution in [2.75, 3.05) is 4.72 Å². The van der Waals surface area contributed by atoms with Gasteiger partial charge in [0, 0.05) is 10.6 Å². The van der Waals surface area contributed by atoms with Crippen molar-refractivity contribution in [3.05, 3.63) is 38.3 Å². The molecule has 0 saturated carbocycles. The molecular weight excluding hydrogens is 424 g/mol. The summed E-state index contributed by atoms with van der Waals surface area (Å²) in [5.74, 6) is 0. The maximum Gasteiger partial charge on any atom is 0.282 e. The monoisotopic (exact) mass is 431 g/mol. The minimum atomic E-state index is -3.86. The second-order valence-corrected chi connectivity index (χ2v) is 7.29. The van der Waals surface area contributed by atoms with Crippen LogP contribution in [0.1, 0.15) is 0 Å². The van der Waals surface area contributed by atoms with Gasteiger partial charge in [0.05, 0.1) is 17.0 Å². The van der Waals surface area contributed by atoms with Crippen molar-refractivity contribution < 1.29 is 8.42 Å². The van der Waals surface area contributed by atoms with Crippen LogP contribution in [-0.4, -0.2) is 18.0 Å². The Morgan fingerprint density at radius 3 is 2.58 bits per heavy atom. The highest BCUT2D eigenvalue weighted by atomic mass is 127. The molecule has 0 spiro atoms. The topological polar surface area (TPSA) is 64.0 Å². The lowest BCUT2D eigenvalue weighted by Crippen LogP contribution is -2.14. The van der Waals surface area contributed by atoms with E-state index in [-0.39, 0.29) is 15.9 Å². The fourth-order valence-corrected chi connectivity index (χ4v) is 3.81. The summed E-state index contributed by atoms with van der Waals surface area (Å²) in [6.45, 7) is 0. The van der Waals surface area contributed by atoms with E-state index in [0.717, 1.165) is 3.57 Å². The first-order chi connectivity index (χ1) is 8.81. The number of rotatable bonds is 3. The summed E-state index contributed by atoms with van der Waals surface area (Å²) in [5, 5.41) is 0.114. The van der Waals surface area contributed by atoms with Crippen LogP contribution in [-0.2, 0) is 17.1 Å². The molecule has 2 rings (SSSR count). The summed E-state index contributed by atoms with van der Waals surface area (Å²) in [7, 11) is -2.26. The smallest absolute Gasteiger partial charge is 0.282 e. The van der Waals surface area contributed by atoms with Crippen LogP contribution in [0.5, 0.6) is 0 Å². The van der Waals surface area contributed by atoms with E-state index in [2.05, 4.69) is 32.3 Å². The highest BCUT2D eigenvalue weighted by molar-refractivity contribution is 14.1. The van der Waals surface area contributed by atoms with Gasteiger partial charge in [0.25, 0.3) is 10.0 Å². The molecule has 1 heterocycles. The Morgan fingerprint density at radius 2 is 2.05 bits per heavy atom. The molecule has 0 aliphatic heterocycles. The minimum Gasteiger partial charge on any atom is -0.324 e. The van der Waals surface area contributed by atoms with Gasteiger partial charge >= 0.3 is 0 Å². The number of anilines is 1. The molecule has 102 valence electrons. The summed E-state index contributed by atoms with van der Waals surface area (Å²) < 4.78 is 29.0. The first-order valence-corrected chi connectivity index (χ1v) is 8.28. The van der Waals surface area contributed by atoms with E-state index in [4.69, 9.17) is 23.2 Å². The van der Waals surface area contributed by atoms with Crippen molar-refractivity contribution in [3.63, 3.8) is 0 Å². The molecule has 5 nitrogen and oxygen atoms in total. The van der Waals surface area contributed by atoms with Gasteiger partial charge in [0.15, 0.2) is 0 Å². The van der Waals surface area contributed by atoms with Crippen molar-refractivity contribution in [1.82, 2.24) is 9.55 Å². The van der Waals surface area contributed by atoms with Gasteiger partial charge in [-0.25, -0.2) is 4.98 Å². The normalized spacial score (nSPS) is 11.6. The van der Waals surface area contributed by atoms with Crippen LogP contribution in [0.25, 0.3) is 0 Å². The van der Waals surface area contributed by atoms with Crippen LogP contribution in [0, 0.1) is 3.57 Å². The van der Waals surface area contributed by atoms with Crippen LogP contribution >= 0.6 is 45.8 Å². The standard InChI is InChI=1S/C10H8Cl2IN3O2S/c1-16-5-14-10(9(16)12)19(17,18)15-8-3-2-6(13)4-7(8)11/h2-5,15H,1H3. The van der Waals surface area contributed by atoms with Gasteiger partial charge in [-0.15, -0.1) is 0 Å². The number of nitrogens with one attached hydrogen (secondary N) is 1. The third-order valence-electron chi connectivity index (χ3n) is 2.26. The molecule has 0 amide bonds. The summed E-state index contributed by atoms with van der Waals surface area (Å²) >= 11 is 13.9. The summed E-state index contributed by atoms with van der Waals surface area (Å²) in [5.41, 5.74) is 0.281. The van der Waals surface area contributed by atoms with Crippen molar-refractivity contribution in [2.24, 2.45) is 7.05 Å². The van der Waals surface area contributed by atoms with Crippen molar-refractivity contribution >= 4 is 61.5 Å². The lowest BCUT2D eigenvalue weighted by Gasteiger charge is -2.08. The van der Waals surface area contributed by atoms with Gasteiger partial charge in [0.2, 0.25) is 5.03 Å². The zero-order valence-electron chi connectivity index (χ0n) is 9.56. The Balaban J connectivity index is 2.39. The number of hydrogen-bond acceptors (Lipinski definition) is 3. The van der Waals surface area contributed by atoms with Crippen LogP contribution in [0.2, 0.25) is 10.2 Å². The Kier molecular flexibility index (Phi) is 4.29. The molecule has 0 saturated heterocycles. The molecule has 0 aliphatic carbocycles. The van der Waals surface area contributed by atoms with Gasteiger partial charge in [0.1, 0.15) is 5.15 Å². The third kappa shape index (κ3) is 3.15. The van der Waals surface area contributed by atoms with Crippen LogP contribution < -0.4 is 4.72 Å². The van der Waals surface area contributed by atoms with E-state index in [1.807, 2.05) is 0 Å². The van der Waals surface area contributed by atoms with Gasteiger partial charge in [-0.2, -0.15) is 8.42 Å². The zero-order valence-corrected chi connectivity index (χ0v) is 14.0. The number of sulfonamides is 1. The molecule has 0 fully saturated rings. The predicted molar refractivity (Wildman–Crippen MR) is 83.2 cm³/mol. The molecule has 1 aromatic carbocycles. The number of nitrogens with zero attached hydrogens (tertiary/aromatic N) is 2. The molecule has 1 aromatic heterocycles. The summed E-state index contributed by atoms with van der Waals surface area (Å²) in [4.78, 5) is 3.77. The van der Waals surface area contributed by atoms with Gasteiger partial charge in [-0.1, -0.05) is 23.2 Å². The van der Waals surface area contributed by atoms with E-state index in [9.17, 15) is 8.42 Å². The molecule has 19 heavy (non-hydrogen) atoms. The largest absolute Gasteiger partial charge is 0.324 e. The van der Waals surface area contributed by atoms with Gasteiger partial charge < -0.3 is 4.57 Å². The molecule has 9 heteroatoms. The van der Waals surface area contributed by atoms with E-state index in [1.165, 1.54) is 10.9 Å². The molecule has 0 radical (unpaired) electrons. The molecule has 2 aromatic rings. The van der Waals surface area contributed by atoms with Crippen molar-refractivity contribution in [3.8, 4) is 0 Å². The molecule has 0 aliphatic rings. The number of imidazole rings is 1. The highest BCUT2D eigenvalue weighted by Crippen LogP contribution is 2.27. The van der Waals surface area contributed by atoms with E-state index >= 15 is 0 Å². The maximum absolute atomic E-state index is 12.1. The minimum absolute atomic E-state index is 0.0362. The van der Waals surface area contributed by atoms with E-state index in [0.29, 0.717) is 5.02 Å². The quantitative estimate of drug-likeness (QED) is 0.759. The van der Waals surface area contributed by atoms with Crippen LogP contribution in [0.3, 0.4) is 0 Å². The van der Waals surface area contributed by atoms with Crippen LogP contribution in [0.15, 0.2) is 29.6 Å². The second-order valence-electron chi connectivity index (χ2n) is 3.68. The summed E-state index contributed by atoms with van der Waals surface area (Å²) in [6.07, 6.45) is 1.33. The predicted octanol–water partition coefficient (Wildman–Crippen LogP) is 3.13. The third-order valence-corrected chi connectivity index (χ3v) is 5.10. The fraction of sp³-hybridized carbons (Fsp3) is 0.100. The zero-order chi connectivity index (χ0) is 14.2. The average molecular weight is 432 g/mol. The molecule has 1 N–H and O–H groups in total. The maximum atomic E-state index is 12.1. The Labute approximate surface area is 134 Å². The number of halogens is 3. The second kappa shape index (κ2) is 5.47. The van der Waals surface area contributed by atoms with E-state index in [1.54, 1.807) is 25.2 Å². The van der Waals surface area contributed by atoms with Gasteiger partial charge in [-0.05, 0) is 40.8 Å². The average Bonchev–Trinajstić information content (AvgIpc) is 2.64. The fourth-order valence-electron chi connectivity index (χ4n) is 1.34. The molecule has 0 atom stereocenters. The van der Waals surface area contributed by atoms with Crippen molar-refractivity contribution in [2.45, 2.75) is 5.03 Å². The SMILES string of the molecule is Cn1cnc(S(=O)(=O)Nc2ccc(I)cc2Cl)c1Cl. The Hall–Kier alpha value is -0.510. The Bertz CT molecular complexity index is 730. The van der Waals surface area contributed by atoms with Crippen molar-refractivity contribution in [1.29, 1.82) is 0 Å². The Morgan fingerprint density at radius 1 is 1.37 bits per heavy atom. The molecule has 0 unspecified atom stereocenters. The molecular formula is C10H8Cl2IN3O2S. The number of aromatic nitrogens is 2. The number of aryl methyl sites for hydroxylation is 1. The molecule has 0 bridgehead atoms. The number of benzene rings is 1. The van der Waals surface area contributed by atoms with Crippen LogP contribution in [0.4, 0.5) is 5.69 Å². The lowest BCUT2D eigenvalue weighted by molar-refractivity contribution is 0.598. The summed E-state index contributed by atoms with van der Waals surface area (Å²) in [6, 6.07) is 4.98. The lowest BCUT2D eigenvalue weighted by atomic mass is 10.3. The number of hydrogen-bond donors (Lipinski definition) is 1. The first-order valence-electron chi connectivity index (χ1n) is 4.96. The highest BCUT2D eigenvalue weighted by Gasteiger charge is 2.23. The van der Waals surface area contributed by atoms with E-state index < -0.39 is 10.0 Å².